The van der Waals surface area contributed by atoms with Crippen molar-refractivity contribution in [2.45, 2.75) is 14.1 Å². The third-order valence-corrected chi connectivity index (χ3v) is 8.59. The molecule has 0 saturated carbocycles. The molecule has 2 aliphatic heterocycles. The molecule has 2 heterocycles. The summed E-state index contributed by atoms with van der Waals surface area (Å²) in [7, 11) is 11.2. The second kappa shape index (κ2) is 22.5. The Hall–Kier alpha value is -0.163. The smallest absolute Gasteiger partial charge is 0 e. The third kappa shape index (κ3) is 14.5. The molecule has 12 heteroatoms. The standard InChI is InChI=1S/C24H16N2.3C3H9NS2.Ce/c1-3-7-17(8-4-1)19-13-15-25-23-21(19)11-12-22-20(14-16-26-24(22)23)18-9-5-2-6-10-18;3*1-4(2)3(5)6;/h1-16H;3*3,5-6H,1-2H3;/q-2;;;;/p-6. The molecule has 0 bridgehead atoms. The minimum absolute atomic E-state index is 0. The van der Waals surface area contributed by atoms with E-state index in [-0.39, 0.29) is 55.9 Å². The molecule has 3 aromatic rings. The molecule has 242 valence electrons. The number of hydrogen-bond donors (Lipinski definition) is 0. The second-order valence-corrected chi connectivity index (χ2v) is 13.7. The van der Waals surface area contributed by atoms with Gasteiger partial charge >= 0.3 is 0 Å². The van der Waals surface area contributed by atoms with Crippen molar-refractivity contribution in [1.82, 2.24) is 14.7 Å². The minimum atomic E-state index is -0.148. The number of rotatable bonds is 5. The normalized spacial score (nSPS) is 12.7. The molecule has 0 spiro atoms. The van der Waals surface area contributed by atoms with Crippen LogP contribution >= 0.6 is 0 Å². The van der Waals surface area contributed by atoms with E-state index in [2.05, 4.69) is 159 Å². The number of allylic oxidation sites excluding steroid dienone is 2. The van der Waals surface area contributed by atoms with Crippen LogP contribution in [0, 0.1) is 41.7 Å². The molecule has 0 N–H and O–H groups in total. The first-order valence-electron chi connectivity index (χ1n) is 13.6. The summed E-state index contributed by atoms with van der Waals surface area (Å²) in [6.07, 6.45) is 7.90. The van der Waals surface area contributed by atoms with Crippen LogP contribution in [-0.4, -0.2) is 71.1 Å². The second-order valence-electron chi connectivity index (χ2n) is 10.1. The molecule has 0 fully saturated rings. The van der Waals surface area contributed by atoms with E-state index in [0.29, 0.717) is 0 Å². The van der Waals surface area contributed by atoms with Gasteiger partial charge in [-0.3, -0.25) is 0 Å². The van der Waals surface area contributed by atoms with Gasteiger partial charge in [-0.25, -0.2) is 14.1 Å². The fraction of sp³-hybridized carbons (Fsp3) is 0.273. The van der Waals surface area contributed by atoms with Gasteiger partial charge in [0.1, 0.15) is 0 Å². The van der Waals surface area contributed by atoms with Gasteiger partial charge in [-0.1, -0.05) is 84.9 Å². The Balaban J connectivity index is 0.000000442. The number of fused-ring (bicyclic) bond motifs is 3. The number of nitrogens with zero attached hydrogens (tertiary/aromatic N) is 5. The Kier molecular flexibility index (Phi) is 21.4. The van der Waals surface area contributed by atoms with Crippen LogP contribution in [-0.2, 0) is 75.8 Å². The van der Waals surface area contributed by atoms with Crippen LogP contribution in [0.3, 0.4) is 0 Å². The molecule has 3 aromatic carbocycles. The van der Waals surface area contributed by atoms with E-state index >= 15 is 0 Å². The van der Waals surface area contributed by atoms with E-state index in [1.54, 1.807) is 14.7 Å². The predicted octanol–water partition coefficient (Wildman–Crippen LogP) is 4.93. The van der Waals surface area contributed by atoms with E-state index < -0.39 is 0 Å². The molecule has 5 nitrogen and oxygen atoms in total. The number of benzene rings is 3. The van der Waals surface area contributed by atoms with E-state index in [1.165, 1.54) is 22.3 Å². The zero-order valence-corrected chi connectivity index (χ0v) is 34.2. The SMILES string of the molecule is C1=CC(c2ccccc2)=c2ccc3c(c2[N-]1)[N-]C=CC=3c1ccccc1.CN(C)C([S-])[S-].CN(C)C([S-])[S-].CN(C)C([S-])[S-].[Ce]. The van der Waals surface area contributed by atoms with Gasteiger partial charge in [-0.05, 0) is 75.0 Å². The van der Waals surface area contributed by atoms with Gasteiger partial charge in [0.05, 0.1) is 0 Å². The van der Waals surface area contributed by atoms with Crippen molar-refractivity contribution >= 4 is 98.3 Å². The first kappa shape index (κ1) is 42.9. The summed E-state index contributed by atoms with van der Waals surface area (Å²) in [6, 6.07) is 25.2. The maximum absolute atomic E-state index is 4.67. The molecule has 2 aliphatic rings. The fourth-order valence-electron chi connectivity index (χ4n) is 3.57. The van der Waals surface area contributed by atoms with Crippen LogP contribution in [0.15, 0.2) is 97.3 Å². The summed E-state index contributed by atoms with van der Waals surface area (Å²) in [5.41, 5.74) is 6.65. The maximum Gasteiger partial charge on any atom is 0 e. The Labute approximate surface area is 336 Å². The van der Waals surface area contributed by atoms with Crippen molar-refractivity contribution in [1.29, 1.82) is 0 Å². The van der Waals surface area contributed by atoms with Gasteiger partial charge in [-0.15, -0.1) is 11.4 Å². The van der Waals surface area contributed by atoms with Gasteiger partial charge in [-0.2, -0.15) is 12.4 Å². The quantitative estimate of drug-likeness (QED) is 0.334. The summed E-state index contributed by atoms with van der Waals surface area (Å²) < 4.78 is -0.444. The summed E-state index contributed by atoms with van der Waals surface area (Å²) in [5, 5.41) is 11.6. The van der Waals surface area contributed by atoms with Gasteiger partial charge < -0.3 is 101 Å². The summed E-state index contributed by atoms with van der Waals surface area (Å²) in [6.45, 7) is 0. The average Bonchev–Trinajstić information content (AvgIpc) is 3.02. The van der Waals surface area contributed by atoms with E-state index in [9.17, 15) is 0 Å². The molecule has 0 aromatic heterocycles. The Morgan fingerprint density at radius 1 is 0.467 bits per heavy atom. The van der Waals surface area contributed by atoms with Gasteiger partial charge in [0, 0.05) is 41.7 Å². The van der Waals surface area contributed by atoms with Crippen LogP contribution in [0.1, 0.15) is 11.1 Å². The van der Waals surface area contributed by atoms with E-state index in [1.807, 2.05) is 66.8 Å². The monoisotopic (exact) mass is 835 g/mol. The molecule has 0 unspecified atom stereocenters. The molecule has 5 rings (SSSR count). The molecular weight excluding hydrogens is 799 g/mol. The minimum Gasteiger partial charge on any atom is -0.800 e. The van der Waals surface area contributed by atoms with Crippen molar-refractivity contribution in [2.24, 2.45) is 0 Å². The van der Waals surface area contributed by atoms with Crippen molar-refractivity contribution in [3.8, 4) is 0 Å². The first-order chi connectivity index (χ1) is 20.8. The van der Waals surface area contributed by atoms with Crippen LogP contribution in [0.4, 0.5) is 11.4 Å². The third-order valence-electron chi connectivity index (χ3n) is 6.06. The predicted molar refractivity (Wildman–Crippen MR) is 205 cm³/mol. The summed E-state index contributed by atoms with van der Waals surface area (Å²) >= 11 is 27.9. The van der Waals surface area contributed by atoms with E-state index in [0.717, 1.165) is 21.8 Å². The molecule has 0 aliphatic carbocycles. The van der Waals surface area contributed by atoms with Crippen molar-refractivity contribution in [3.63, 3.8) is 0 Å². The zero-order chi connectivity index (χ0) is 32.8. The van der Waals surface area contributed by atoms with Crippen LogP contribution in [0.2, 0.25) is 0 Å². The molecule has 0 atom stereocenters. The van der Waals surface area contributed by atoms with Gasteiger partial charge in [0.2, 0.25) is 0 Å². The van der Waals surface area contributed by atoms with Crippen LogP contribution in [0.25, 0.3) is 21.8 Å². The fourth-order valence-corrected chi connectivity index (χ4v) is 3.57. The zero-order valence-electron chi connectivity index (χ0n) is 26.2. The molecule has 0 saturated heterocycles. The van der Waals surface area contributed by atoms with Crippen molar-refractivity contribution in [2.75, 3.05) is 42.3 Å². The van der Waals surface area contributed by atoms with Crippen LogP contribution < -0.4 is 10.4 Å². The van der Waals surface area contributed by atoms with Crippen molar-refractivity contribution < 1.29 is 41.7 Å². The van der Waals surface area contributed by atoms with Gasteiger partial charge in [0.15, 0.2) is 0 Å². The summed E-state index contributed by atoms with van der Waals surface area (Å²) in [4.78, 5) is 5.39. The molecular formula is C33H37CeN5S6-8. The Morgan fingerprint density at radius 2 is 0.733 bits per heavy atom. The number of hydrogen-bond acceptors (Lipinski definition) is 9. The maximum atomic E-state index is 4.67. The van der Waals surface area contributed by atoms with E-state index in [4.69, 9.17) is 0 Å². The van der Waals surface area contributed by atoms with Gasteiger partial charge in [0.25, 0.3) is 0 Å². The Morgan fingerprint density at radius 3 is 0.978 bits per heavy atom. The first-order valence-corrected chi connectivity index (χ1v) is 16.4. The molecule has 0 amide bonds. The van der Waals surface area contributed by atoms with Crippen LogP contribution in [0.5, 0.6) is 0 Å². The average molecular weight is 836 g/mol. The molecule has 0 radical (unpaired) electrons. The Bertz CT molecular complexity index is 1340. The topological polar surface area (TPSA) is 37.9 Å². The summed E-state index contributed by atoms with van der Waals surface area (Å²) in [5.74, 6) is 0. The molecule has 45 heavy (non-hydrogen) atoms. The van der Waals surface area contributed by atoms with Crippen molar-refractivity contribution in [3.05, 3.63) is 130 Å². The largest absolute Gasteiger partial charge is 0.800 e.